The van der Waals surface area contributed by atoms with Crippen molar-refractivity contribution in [1.82, 2.24) is 4.90 Å². The van der Waals surface area contributed by atoms with E-state index in [1.54, 1.807) is 18.2 Å². The number of carbonyl (C=O) groups excluding carboxylic acids is 3. The van der Waals surface area contributed by atoms with Gasteiger partial charge in [-0.05, 0) is 31.5 Å². The Bertz CT molecular complexity index is 1310. The second-order valence-electron chi connectivity index (χ2n) is 8.91. The summed E-state index contributed by atoms with van der Waals surface area (Å²) in [5.74, 6) is -3.05. The maximum atomic E-state index is 14.0. The molecule has 4 heterocycles. The SMILES string of the molecule is COc1ccc([N+](=O)[O-])cc1N1C(=O)[C@H]2[C@H]3CCCN3[C@@]3(C(=O)Nc4c(Cl)cccc43)[C@@H]2C1=O. The number of carbonyl (C=O) groups is 3. The lowest BCUT2D eigenvalue weighted by Crippen LogP contribution is -2.54. The number of methoxy groups -OCH3 is 1. The number of non-ortho nitro benzene ring substituents is 1. The van der Waals surface area contributed by atoms with E-state index in [9.17, 15) is 24.5 Å². The van der Waals surface area contributed by atoms with E-state index in [2.05, 4.69) is 5.32 Å². The minimum Gasteiger partial charge on any atom is -0.495 e. The Kier molecular flexibility index (Phi) is 4.34. The number of ether oxygens (including phenoxy) is 1. The highest BCUT2D eigenvalue weighted by Crippen LogP contribution is 2.61. The van der Waals surface area contributed by atoms with Crippen LogP contribution >= 0.6 is 11.6 Å². The molecule has 4 aliphatic rings. The van der Waals surface area contributed by atoms with E-state index in [0.717, 1.165) is 17.4 Å². The van der Waals surface area contributed by atoms with E-state index in [1.165, 1.54) is 19.2 Å². The standard InChI is InChI=1S/C23H19ClN4O6/c1-34-16-8-7-11(28(32)33)10-15(16)27-20(29)17-14-6-3-9-26(14)23(18(17)21(27)30)12-4-2-5-13(24)19(12)25-22(23)31/h2,4-5,7-8,10,14,17-18H,3,6,9H2,1H3,(H,25,31)/t14-,17+,18+,23-/m1/s1. The van der Waals surface area contributed by atoms with E-state index < -0.39 is 34.1 Å². The van der Waals surface area contributed by atoms with Crippen molar-refractivity contribution in [2.45, 2.75) is 24.4 Å². The minimum atomic E-state index is -1.37. The fourth-order valence-corrected chi connectivity index (χ4v) is 6.62. The predicted octanol–water partition coefficient (Wildman–Crippen LogP) is 2.69. The largest absolute Gasteiger partial charge is 0.495 e. The van der Waals surface area contributed by atoms with Crippen LogP contribution in [0, 0.1) is 22.0 Å². The monoisotopic (exact) mass is 482 g/mol. The van der Waals surface area contributed by atoms with Crippen LogP contribution in [0.4, 0.5) is 17.1 Å². The number of hydrogen-bond donors (Lipinski definition) is 1. The van der Waals surface area contributed by atoms with Crippen LogP contribution in [0.2, 0.25) is 5.02 Å². The predicted molar refractivity (Wildman–Crippen MR) is 121 cm³/mol. The summed E-state index contributed by atoms with van der Waals surface area (Å²) >= 11 is 6.38. The van der Waals surface area contributed by atoms with Gasteiger partial charge in [0.1, 0.15) is 17.0 Å². The summed E-state index contributed by atoms with van der Waals surface area (Å²) in [5, 5.41) is 14.6. The van der Waals surface area contributed by atoms with E-state index in [4.69, 9.17) is 16.3 Å². The van der Waals surface area contributed by atoms with Crippen LogP contribution < -0.4 is 15.0 Å². The first-order chi connectivity index (χ1) is 16.3. The fourth-order valence-electron chi connectivity index (χ4n) is 6.40. The third kappa shape index (κ3) is 2.36. The number of amides is 3. The van der Waals surface area contributed by atoms with E-state index in [1.807, 2.05) is 4.90 Å². The number of halogens is 1. The molecule has 10 nitrogen and oxygen atoms in total. The van der Waals surface area contributed by atoms with Gasteiger partial charge < -0.3 is 10.1 Å². The first-order valence-electron chi connectivity index (χ1n) is 10.9. The van der Waals surface area contributed by atoms with Crippen LogP contribution in [0.1, 0.15) is 18.4 Å². The molecule has 0 saturated carbocycles. The average molecular weight is 483 g/mol. The molecule has 0 aliphatic carbocycles. The smallest absolute Gasteiger partial charge is 0.271 e. The Morgan fingerprint density at radius 1 is 1.21 bits per heavy atom. The number of hydrogen-bond acceptors (Lipinski definition) is 7. The lowest BCUT2D eigenvalue weighted by Gasteiger charge is -2.36. The number of benzene rings is 2. The van der Waals surface area contributed by atoms with Gasteiger partial charge in [0.2, 0.25) is 11.8 Å². The number of para-hydroxylation sites is 1. The quantitative estimate of drug-likeness (QED) is 0.405. The Morgan fingerprint density at radius 2 is 2.00 bits per heavy atom. The Labute approximate surface area is 198 Å². The number of nitro groups is 1. The van der Waals surface area contributed by atoms with Crippen molar-refractivity contribution in [2.75, 3.05) is 23.9 Å². The molecule has 6 rings (SSSR count). The summed E-state index contributed by atoms with van der Waals surface area (Å²) < 4.78 is 5.33. The third-order valence-electron chi connectivity index (χ3n) is 7.59. The molecule has 0 radical (unpaired) electrons. The highest BCUT2D eigenvalue weighted by molar-refractivity contribution is 6.35. The first-order valence-corrected chi connectivity index (χ1v) is 11.3. The van der Waals surface area contributed by atoms with Crippen molar-refractivity contribution >= 4 is 46.4 Å². The molecule has 4 atom stereocenters. The van der Waals surface area contributed by atoms with E-state index >= 15 is 0 Å². The molecule has 34 heavy (non-hydrogen) atoms. The highest BCUT2D eigenvalue weighted by Gasteiger charge is 2.75. The Hall–Kier alpha value is -3.50. The van der Waals surface area contributed by atoms with Gasteiger partial charge in [-0.25, -0.2) is 4.90 Å². The van der Waals surface area contributed by atoms with Crippen molar-refractivity contribution < 1.29 is 24.0 Å². The van der Waals surface area contributed by atoms with Crippen molar-refractivity contribution in [2.24, 2.45) is 11.8 Å². The maximum absolute atomic E-state index is 14.0. The number of rotatable bonds is 3. The third-order valence-corrected chi connectivity index (χ3v) is 7.91. The minimum absolute atomic E-state index is 0.00511. The van der Waals surface area contributed by atoms with Gasteiger partial charge in [0.15, 0.2) is 0 Å². The molecule has 2 aromatic carbocycles. The normalized spacial score (nSPS) is 29.4. The maximum Gasteiger partial charge on any atom is 0.271 e. The lowest BCUT2D eigenvalue weighted by molar-refractivity contribution is -0.384. The van der Waals surface area contributed by atoms with Gasteiger partial charge in [0.05, 0.1) is 34.6 Å². The number of fused-ring (bicyclic) bond motifs is 7. The van der Waals surface area contributed by atoms with Crippen molar-refractivity contribution in [3.05, 3.63) is 57.1 Å². The van der Waals surface area contributed by atoms with Gasteiger partial charge in [-0.15, -0.1) is 0 Å². The molecule has 3 saturated heterocycles. The van der Waals surface area contributed by atoms with E-state index in [-0.39, 0.29) is 29.1 Å². The molecule has 3 amide bonds. The van der Waals surface area contributed by atoms with Crippen molar-refractivity contribution in [3.63, 3.8) is 0 Å². The van der Waals surface area contributed by atoms with Crippen LogP contribution in [0.5, 0.6) is 5.75 Å². The summed E-state index contributed by atoms with van der Waals surface area (Å²) in [7, 11) is 1.36. The van der Waals surface area contributed by atoms with Gasteiger partial charge in [0, 0.05) is 23.7 Å². The average Bonchev–Trinajstić information content (AvgIpc) is 3.52. The molecule has 174 valence electrons. The second-order valence-corrected chi connectivity index (χ2v) is 9.32. The molecule has 1 N–H and O–H groups in total. The zero-order valence-electron chi connectivity index (χ0n) is 18.0. The van der Waals surface area contributed by atoms with E-state index in [0.29, 0.717) is 29.2 Å². The van der Waals surface area contributed by atoms with Gasteiger partial charge in [-0.1, -0.05) is 23.7 Å². The zero-order chi connectivity index (χ0) is 23.9. The number of nitro benzene ring substituents is 1. The highest BCUT2D eigenvalue weighted by atomic mass is 35.5. The molecule has 0 bridgehead atoms. The number of nitrogens with one attached hydrogen (secondary N) is 1. The van der Waals surface area contributed by atoms with Gasteiger partial charge >= 0.3 is 0 Å². The van der Waals surface area contributed by atoms with Crippen molar-refractivity contribution in [1.29, 1.82) is 0 Å². The fraction of sp³-hybridized carbons (Fsp3) is 0.348. The summed E-state index contributed by atoms with van der Waals surface area (Å²) in [5.41, 5.74) is -0.612. The topological polar surface area (TPSA) is 122 Å². The molecular formula is C23H19ClN4O6. The lowest BCUT2D eigenvalue weighted by atomic mass is 9.75. The van der Waals surface area contributed by atoms with Crippen LogP contribution in [-0.2, 0) is 19.9 Å². The number of nitrogens with zero attached hydrogens (tertiary/aromatic N) is 3. The number of anilines is 2. The molecule has 1 spiro atoms. The molecule has 0 unspecified atom stereocenters. The van der Waals surface area contributed by atoms with Gasteiger partial charge in [-0.3, -0.25) is 29.4 Å². The van der Waals surface area contributed by atoms with Crippen LogP contribution in [-0.4, -0.2) is 47.2 Å². The summed E-state index contributed by atoms with van der Waals surface area (Å²) in [4.78, 5) is 55.2. The zero-order valence-corrected chi connectivity index (χ0v) is 18.7. The van der Waals surface area contributed by atoms with Gasteiger partial charge in [-0.2, -0.15) is 0 Å². The molecule has 11 heteroatoms. The summed E-state index contributed by atoms with van der Waals surface area (Å²) in [6, 6.07) is 8.61. The van der Waals surface area contributed by atoms with Crippen molar-refractivity contribution in [3.8, 4) is 5.75 Å². The summed E-state index contributed by atoms with van der Waals surface area (Å²) in [6.07, 6.45) is 1.44. The summed E-state index contributed by atoms with van der Waals surface area (Å²) in [6.45, 7) is 0.567. The molecule has 2 aromatic rings. The van der Waals surface area contributed by atoms with Crippen LogP contribution in [0.25, 0.3) is 0 Å². The molecular weight excluding hydrogens is 464 g/mol. The van der Waals surface area contributed by atoms with Crippen LogP contribution in [0.15, 0.2) is 36.4 Å². The second kappa shape index (κ2) is 7.00. The van der Waals surface area contributed by atoms with Gasteiger partial charge in [0.25, 0.3) is 11.6 Å². The Morgan fingerprint density at radius 3 is 2.74 bits per heavy atom. The Balaban J connectivity index is 1.56. The first kappa shape index (κ1) is 21.1. The molecule has 0 aromatic heterocycles. The van der Waals surface area contributed by atoms with Crippen LogP contribution in [0.3, 0.4) is 0 Å². The molecule has 3 fully saturated rings. The molecule has 4 aliphatic heterocycles. The number of imide groups is 1.